The maximum absolute atomic E-state index is 3.72. The molecule has 1 aliphatic carbocycles. The van der Waals surface area contributed by atoms with Crippen molar-refractivity contribution in [3.05, 3.63) is 0 Å². The lowest BCUT2D eigenvalue weighted by Gasteiger charge is -2.47. The second-order valence-electron chi connectivity index (χ2n) is 8.59. The van der Waals surface area contributed by atoms with Gasteiger partial charge in [0.1, 0.15) is 0 Å². The highest BCUT2D eigenvalue weighted by molar-refractivity contribution is 5.20. The lowest BCUT2D eigenvalue weighted by atomic mass is 9.92. The first kappa shape index (κ1) is 14.3. The van der Waals surface area contributed by atoms with Crippen molar-refractivity contribution in [1.82, 2.24) is 10.2 Å². The van der Waals surface area contributed by atoms with Gasteiger partial charge in [-0.2, -0.15) is 0 Å². The fraction of sp³-hybridized carbons (Fsp3) is 1.00. The van der Waals surface area contributed by atoms with Crippen molar-refractivity contribution in [2.45, 2.75) is 73.0 Å². The van der Waals surface area contributed by atoms with Crippen LogP contribution in [-0.2, 0) is 0 Å². The molecule has 0 amide bonds. The summed E-state index contributed by atoms with van der Waals surface area (Å²) in [6.45, 7) is 21.4. The van der Waals surface area contributed by atoms with Gasteiger partial charge in [0.15, 0.2) is 0 Å². The minimum atomic E-state index is 0.250. The Kier molecular flexibility index (Phi) is 3.15. The molecule has 2 aliphatic rings. The van der Waals surface area contributed by atoms with Crippen molar-refractivity contribution in [2.75, 3.05) is 13.1 Å². The van der Waals surface area contributed by atoms with E-state index in [1.54, 1.807) is 0 Å². The molecule has 1 aliphatic heterocycles. The topological polar surface area (TPSA) is 15.3 Å². The SMILES string of the molecule is CC(C)C1CNC(C)(C)CN1C1C(C)(C)C1(C)C. The van der Waals surface area contributed by atoms with Crippen molar-refractivity contribution in [1.29, 1.82) is 0 Å². The maximum atomic E-state index is 3.72. The van der Waals surface area contributed by atoms with Crippen molar-refractivity contribution < 1.29 is 0 Å². The highest BCUT2D eigenvalue weighted by Gasteiger charge is 2.68. The second-order valence-corrected chi connectivity index (χ2v) is 8.59. The Labute approximate surface area is 114 Å². The predicted molar refractivity (Wildman–Crippen MR) is 78.8 cm³/mol. The zero-order chi connectivity index (χ0) is 13.9. The molecule has 2 nitrogen and oxygen atoms in total. The van der Waals surface area contributed by atoms with E-state index in [4.69, 9.17) is 0 Å². The van der Waals surface area contributed by atoms with Crippen LogP contribution in [0.5, 0.6) is 0 Å². The van der Waals surface area contributed by atoms with Gasteiger partial charge in [0.05, 0.1) is 0 Å². The van der Waals surface area contributed by atoms with Crippen LogP contribution in [-0.4, -0.2) is 35.6 Å². The largest absolute Gasteiger partial charge is 0.309 e. The summed E-state index contributed by atoms with van der Waals surface area (Å²) in [6, 6.07) is 1.42. The molecule has 1 atom stereocenters. The molecule has 0 spiro atoms. The quantitative estimate of drug-likeness (QED) is 0.812. The smallest absolute Gasteiger partial charge is 0.0253 e. The monoisotopic (exact) mass is 252 g/mol. The van der Waals surface area contributed by atoms with Gasteiger partial charge in [-0.25, -0.2) is 0 Å². The van der Waals surface area contributed by atoms with Crippen molar-refractivity contribution in [3.63, 3.8) is 0 Å². The lowest BCUT2D eigenvalue weighted by molar-refractivity contribution is 0.0469. The summed E-state index contributed by atoms with van der Waals surface area (Å²) in [4.78, 5) is 2.81. The van der Waals surface area contributed by atoms with Crippen molar-refractivity contribution >= 4 is 0 Å². The fourth-order valence-electron chi connectivity index (χ4n) is 4.02. The average molecular weight is 252 g/mol. The van der Waals surface area contributed by atoms with Gasteiger partial charge in [-0.3, -0.25) is 4.90 Å². The molecule has 2 heteroatoms. The van der Waals surface area contributed by atoms with Gasteiger partial charge in [-0.1, -0.05) is 41.5 Å². The van der Waals surface area contributed by atoms with Gasteiger partial charge in [0, 0.05) is 30.7 Å². The van der Waals surface area contributed by atoms with Gasteiger partial charge in [0.25, 0.3) is 0 Å². The zero-order valence-corrected chi connectivity index (χ0v) is 13.6. The lowest BCUT2D eigenvalue weighted by Crippen LogP contribution is -2.64. The minimum absolute atomic E-state index is 0.250. The van der Waals surface area contributed by atoms with Crippen LogP contribution in [0.25, 0.3) is 0 Å². The third kappa shape index (κ3) is 2.02. The van der Waals surface area contributed by atoms with Gasteiger partial charge < -0.3 is 5.32 Å². The maximum Gasteiger partial charge on any atom is 0.0253 e. The van der Waals surface area contributed by atoms with Gasteiger partial charge in [0.2, 0.25) is 0 Å². The summed E-state index contributed by atoms with van der Waals surface area (Å²) in [7, 11) is 0. The summed E-state index contributed by atoms with van der Waals surface area (Å²) in [6.07, 6.45) is 0. The molecule has 0 aromatic heterocycles. The molecule has 1 heterocycles. The molecule has 1 saturated carbocycles. The first-order chi connectivity index (χ1) is 8.01. The summed E-state index contributed by atoms with van der Waals surface area (Å²) >= 11 is 0. The molecule has 0 aromatic carbocycles. The number of hydrogen-bond acceptors (Lipinski definition) is 2. The number of hydrogen-bond donors (Lipinski definition) is 1. The van der Waals surface area contributed by atoms with Crippen molar-refractivity contribution in [2.24, 2.45) is 16.7 Å². The second kappa shape index (κ2) is 3.96. The molecule has 1 N–H and O–H groups in total. The van der Waals surface area contributed by atoms with Crippen LogP contribution in [0.1, 0.15) is 55.4 Å². The molecule has 1 unspecified atom stereocenters. The fourth-order valence-corrected chi connectivity index (χ4v) is 4.02. The van der Waals surface area contributed by atoms with E-state index in [0.29, 0.717) is 16.9 Å². The third-order valence-corrected chi connectivity index (χ3v) is 5.84. The van der Waals surface area contributed by atoms with Gasteiger partial charge in [-0.05, 0) is 30.6 Å². The molecule has 18 heavy (non-hydrogen) atoms. The Bertz CT molecular complexity index is 314. The van der Waals surface area contributed by atoms with E-state index in [9.17, 15) is 0 Å². The van der Waals surface area contributed by atoms with E-state index < -0.39 is 0 Å². The van der Waals surface area contributed by atoms with Crippen LogP contribution in [0, 0.1) is 16.7 Å². The Morgan fingerprint density at radius 3 is 1.89 bits per heavy atom. The molecular weight excluding hydrogens is 220 g/mol. The Balaban J connectivity index is 2.23. The van der Waals surface area contributed by atoms with Crippen LogP contribution >= 0.6 is 0 Å². The van der Waals surface area contributed by atoms with Gasteiger partial charge in [-0.15, -0.1) is 0 Å². The number of rotatable bonds is 2. The standard InChI is InChI=1S/C16H32N2/c1-11(2)12-9-17-14(3,4)10-18(12)13-15(5,6)16(13,7)8/h11-13,17H,9-10H2,1-8H3. The highest BCUT2D eigenvalue weighted by Crippen LogP contribution is 2.66. The number of nitrogens with zero attached hydrogens (tertiary/aromatic N) is 1. The Morgan fingerprint density at radius 1 is 1.00 bits per heavy atom. The molecule has 0 radical (unpaired) electrons. The Morgan fingerprint density at radius 2 is 1.50 bits per heavy atom. The van der Waals surface area contributed by atoms with Crippen LogP contribution in [0.4, 0.5) is 0 Å². The van der Waals surface area contributed by atoms with E-state index in [-0.39, 0.29) is 5.54 Å². The van der Waals surface area contributed by atoms with Crippen LogP contribution in [0.15, 0.2) is 0 Å². The molecule has 0 aromatic rings. The third-order valence-electron chi connectivity index (χ3n) is 5.84. The molecule has 1 saturated heterocycles. The first-order valence-electron chi connectivity index (χ1n) is 7.51. The predicted octanol–water partition coefficient (Wildman–Crippen LogP) is 3.13. The van der Waals surface area contributed by atoms with E-state index in [1.165, 1.54) is 6.54 Å². The average Bonchev–Trinajstić information content (AvgIpc) is 2.54. The summed E-state index contributed by atoms with van der Waals surface area (Å²) < 4.78 is 0. The number of piperazine rings is 1. The molecular formula is C16H32N2. The van der Waals surface area contributed by atoms with Crippen molar-refractivity contribution in [3.8, 4) is 0 Å². The molecule has 106 valence electrons. The van der Waals surface area contributed by atoms with E-state index in [1.807, 2.05) is 0 Å². The number of nitrogens with one attached hydrogen (secondary N) is 1. The van der Waals surface area contributed by atoms with Crippen LogP contribution in [0.3, 0.4) is 0 Å². The van der Waals surface area contributed by atoms with E-state index >= 15 is 0 Å². The molecule has 0 bridgehead atoms. The summed E-state index contributed by atoms with van der Waals surface area (Å²) in [5, 5.41) is 3.72. The van der Waals surface area contributed by atoms with E-state index in [0.717, 1.165) is 18.5 Å². The van der Waals surface area contributed by atoms with Gasteiger partial charge >= 0.3 is 0 Å². The summed E-state index contributed by atoms with van der Waals surface area (Å²) in [5.74, 6) is 0.723. The summed E-state index contributed by atoms with van der Waals surface area (Å²) in [5.41, 5.74) is 1.15. The molecule has 2 fully saturated rings. The minimum Gasteiger partial charge on any atom is -0.309 e. The normalized spacial score (nSPS) is 34.8. The Hall–Kier alpha value is -0.0800. The zero-order valence-electron chi connectivity index (χ0n) is 13.6. The van der Waals surface area contributed by atoms with Crippen LogP contribution in [0.2, 0.25) is 0 Å². The van der Waals surface area contributed by atoms with Crippen LogP contribution < -0.4 is 5.32 Å². The van der Waals surface area contributed by atoms with E-state index in [2.05, 4.69) is 65.6 Å². The molecule has 2 rings (SSSR count). The first-order valence-corrected chi connectivity index (χ1v) is 7.51. The highest BCUT2D eigenvalue weighted by atomic mass is 15.3.